The van der Waals surface area contributed by atoms with Gasteiger partial charge in [0.1, 0.15) is 6.04 Å². The number of aromatic nitrogens is 4. The Morgan fingerprint density at radius 1 is 1.31 bits per heavy atom. The van der Waals surface area contributed by atoms with Gasteiger partial charge in [-0.2, -0.15) is 5.21 Å². The van der Waals surface area contributed by atoms with Crippen LogP contribution >= 0.6 is 11.8 Å². The van der Waals surface area contributed by atoms with E-state index in [2.05, 4.69) is 20.6 Å². The maximum Gasteiger partial charge on any atom is 0.410 e. The molecule has 26 heavy (non-hydrogen) atoms. The number of amides is 1. The van der Waals surface area contributed by atoms with Gasteiger partial charge in [-0.3, -0.25) is 4.90 Å². The summed E-state index contributed by atoms with van der Waals surface area (Å²) in [4.78, 5) is 26.0. The largest absolute Gasteiger partial charge is 0.464 e. The molecule has 2 aliphatic rings. The molecule has 1 N–H and O–H groups in total. The molecule has 0 unspecified atom stereocenters. The molecule has 1 saturated heterocycles. The summed E-state index contributed by atoms with van der Waals surface area (Å²) in [5.41, 5.74) is 0. The molecular formula is C16H25N5O4S. The quantitative estimate of drug-likeness (QED) is 0.604. The van der Waals surface area contributed by atoms with Crippen LogP contribution in [-0.2, 0) is 14.3 Å². The number of esters is 1. The molecule has 144 valence electrons. The predicted molar refractivity (Wildman–Crippen MR) is 93.4 cm³/mol. The SMILES string of the molecule is CCOC(=O)[C@H]1C[C@@H]2C[C@H](CSc3nn[nH]n3)CC[C@@H]2CN1C(=O)OC. The number of methoxy groups -OCH3 is 1. The van der Waals surface area contributed by atoms with Crippen molar-refractivity contribution in [1.29, 1.82) is 0 Å². The molecule has 9 nitrogen and oxygen atoms in total. The number of likely N-dealkylation sites (tertiary alicyclic amines) is 1. The van der Waals surface area contributed by atoms with Crippen molar-refractivity contribution in [2.24, 2.45) is 17.8 Å². The third-order valence-corrected chi connectivity index (χ3v) is 6.39. The predicted octanol–water partition coefficient (Wildman–Crippen LogP) is 1.73. The van der Waals surface area contributed by atoms with E-state index < -0.39 is 12.1 Å². The monoisotopic (exact) mass is 383 g/mol. The van der Waals surface area contributed by atoms with Gasteiger partial charge >= 0.3 is 12.1 Å². The highest BCUT2D eigenvalue weighted by Crippen LogP contribution is 2.42. The van der Waals surface area contributed by atoms with Crippen LogP contribution in [0.2, 0.25) is 0 Å². The van der Waals surface area contributed by atoms with Crippen LogP contribution in [0.1, 0.15) is 32.6 Å². The lowest BCUT2D eigenvalue weighted by Crippen LogP contribution is -2.55. The fourth-order valence-corrected chi connectivity index (χ4v) is 4.98. The summed E-state index contributed by atoms with van der Waals surface area (Å²) < 4.78 is 10.1. The normalized spacial score (nSPS) is 28.3. The first kappa shape index (κ1) is 18.9. The average Bonchev–Trinajstić information content (AvgIpc) is 3.18. The van der Waals surface area contributed by atoms with E-state index in [1.807, 2.05) is 0 Å². The molecule has 4 atom stereocenters. The van der Waals surface area contributed by atoms with Crippen LogP contribution in [0.25, 0.3) is 0 Å². The number of piperidine rings is 1. The molecule has 2 fully saturated rings. The number of aromatic amines is 1. The standard InChI is InChI=1S/C16H25N5O4S/c1-3-25-14(22)13-7-12-6-10(9-26-15-17-19-20-18-15)4-5-11(12)8-21(13)16(23)24-2/h10-13H,3-9H2,1-2H3,(H,17,18,19,20)/t10-,11-,12+,13-/m1/s1. The highest BCUT2D eigenvalue weighted by molar-refractivity contribution is 7.99. The highest BCUT2D eigenvalue weighted by atomic mass is 32.2. The molecule has 1 aromatic heterocycles. The van der Waals surface area contributed by atoms with Gasteiger partial charge in [0.05, 0.1) is 13.7 Å². The number of ether oxygens (including phenoxy) is 2. The molecule has 0 aromatic carbocycles. The molecule has 10 heteroatoms. The molecule has 1 amide bonds. The Balaban J connectivity index is 1.62. The van der Waals surface area contributed by atoms with E-state index in [1.54, 1.807) is 23.6 Å². The van der Waals surface area contributed by atoms with Crippen LogP contribution in [0.5, 0.6) is 0 Å². The van der Waals surface area contributed by atoms with Crippen LogP contribution in [-0.4, -0.2) is 69.6 Å². The topological polar surface area (TPSA) is 110 Å². The summed E-state index contributed by atoms with van der Waals surface area (Å²) in [6.45, 7) is 2.64. The van der Waals surface area contributed by atoms with Crippen LogP contribution < -0.4 is 0 Å². The summed E-state index contributed by atoms with van der Waals surface area (Å²) in [6.07, 6.45) is 3.38. The number of hydrogen-bond acceptors (Lipinski definition) is 8. The zero-order chi connectivity index (χ0) is 18.5. The molecule has 0 spiro atoms. The van der Waals surface area contributed by atoms with Crippen molar-refractivity contribution in [3.8, 4) is 0 Å². The second-order valence-corrected chi connectivity index (χ2v) is 7.82. The van der Waals surface area contributed by atoms with Gasteiger partial charge in [-0.1, -0.05) is 11.8 Å². The number of nitrogens with one attached hydrogen (secondary N) is 1. The van der Waals surface area contributed by atoms with Gasteiger partial charge in [0.2, 0.25) is 5.16 Å². The van der Waals surface area contributed by atoms with E-state index in [1.165, 1.54) is 7.11 Å². The van der Waals surface area contributed by atoms with E-state index in [-0.39, 0.29) is 5.97 Å². The Hall–Kier alpha value is -1.84. The van der Waals surface area contributed by atoms with Crippen molar-refractivity contribution in [1.82, 2.24) is 25.5 Å². The Morgan fingerprint density at radius 3 is 2.85 bits per heavy atom. The fourth-order valence-electron chi connectivity index (χ4n) is 4.09. The van der Waals surface area contributed by atoms with Crippen molar-refractivity contribution in [3.05, 3.63) is 0 Å². The van der Waals surface area contributed by atoms with E-state index in [0.29, 0.717) is 42.5 Å². The molecule has 1 saturated carbocycles. The summed E-state index contributed by atoms with van der Waals surface area (Å²) in [5, 5.41) is 14.6. The van der Waals surface area contributed by atoms with Crippen molar-refractivity contribution >= 4 is 23.8 Å². The number of hydrogen-bond donors (Lipinski definition) is 1. The van der Waals surface area contributed by atoms with Gasteiger partial charge in [-0.05, 0) is 55.6 Å². The van der Waals surface area contributed by atoms with Crippen LogP contribution in [0, 0.1) is 17.8 Å². The number of carbonyl (C=O) groups is 2. The van der Waals surface area contributed by atoms with Gasteiger partial charge < -0.3 is 9.47 Å². The van der Waals surface area contributed by atoms with E-state index in [0.717, 1.165) is 25.0 Å². The molecule has 1 aliphatic carbocycles. The summed E-state index contributed by atoms with van der Waals surface area (Å²) in [7, 11) is 1.35. The highest BCUT2D eigenvalue weighted by Gasteiger charge is 2.44. The van der Waals surface area contributed by atoms with E-state index >= 15 is 0 Å². The van der Waals surface area contributed by atoms with Gasteiger partial charge in [0.25, 0.3) is 0 Å². The Morgan fingerprint density at radius 2 is 2.15 bits per heavy atom. The van der Waals surface area contributed by atoms with Crippen molar-refractivity contribution in [2.45, 2.75) is 43.8 Å². The minimum Gasteiger partial charge on any atom is -0.464 e. The summed E-state index contributed by atoms with van der Waals surface area (Å²) in [6, 6.07) is -0.549. The lowest BCUT2D eigenvalue weighted by atomic mass is 9.69. The number of nitrogens with zero attached hydrogens (tertiary/aromatic N) is 4. The Bertz CT molecular complexity index is 614. The second-order valence-electron chi connectivity index (χ2n) is 6.83. The number of carbonyl (C=O) groups excluding carboxylic acids is 2. The van der Waals surface area contributed by atoms with Gasteiger partial charge in [0.15, 0.2) is 0 Å². The molecule has 1 aromatic rings. The van der Waals surface area contributed by atoms with Crippen molar-refractivity contribution in [3.63, 3.8) is 0 Å². The van der Waals surface area contributed by atoms with Crippen LogP contribution in [0.4, 0.5) is 4.79 Å². The number of rotatable bonds is 5. The number of fused-ring (bicyclic) bond motifs is 1. The summed E-state index contributed by atoms with van der Waals surface area (Å²) >= 11 is 1.61. The number of H-pyrrole nitrogens is 1. The molecule has 1 aliphatic heterocycles. The molecular weight excluding hydrogens is 358 g/mol. The minimum atomic E-state index is -0.549. The van der Waals surface area contributed by atoms with Crippen molar-refractivity contribution < 1.29 is 19.1 Å². The molecule has 3 rings (SSSR count). The smallest absolute Gasteiger partial charge is 0.410 e. The van der Waals surface area contributed by atoms with Crippen LogP contribution in [0.3, 0.4) is 0 Å². The first-order valence-corrected chi connectivity index (χ1v) is 9.98. The fraction of sp³-hybridized carbons (Fsp3) is 0.812. The molecule has 0 bridgehead atoms. The molecule has 0 radical (unpaired) electrons. The lowest BCUT2D eigenvalue weighted by molar-refractivity contribution is -0.152. The van der Waals surface area contributed by atoms with E-state index in [9.17, 15) is 9.59 Å². The maximum absolute atomic E-state index is 12.4. The Labute approximate surface area is 156 Å². The number of tetrazole rings is 1. The first-order chi connectivity index (χ1) is 12.6. The minimum absolute atomic E-state index is 0.308. The van der Waals surface area contributed by atoms with Crippen LogP contribution in [0.15, 0.2) is 5.16 Å². The second kappa shape index (κ2) is 8.70. The average molecular weight is 383 g/mol. The number of thioether (sulfide) groups is 1. The Kier molecular flexibility index (Phi) is 6.33. The van der Waals surface area contributed by atoms with Gasteiger partial charge in [0, 0.05) is 12.3 Å². The molecule has 2 heterocycles. The maximum atomic E-state index is 12.4. The lowest BCUT2D eigenvalue weighted by Gasteiger charge is -2.46. The van der Waals surface area contributed by atoms with Gasteiger partial charge in [-0.25, -0.2) is 9.59 Å². The third kappa shape index (κ3) is 4.28. The zero-order valence-electron chi connectivity index (χ0n) is 15.1. The summed E-state index contributed by atoms with van der Waals surface area (Å²) in [5.74, 6) is 1.97. The zero-order valence-corrected chi connectivity index (χ0v) is 15.9. The van der Waals surface area contributed by atoms with Crippen molar-refractivity contribution in [2.75, 3.05) is 26.0 Å². The third-order valence-electron chi connectivity index (χ3n) is 5.32. The first-order valence-electron chi connectivity index (χ1n) is 8.99. The van der Waals surface area contributed by atoms with Gasteiger partial charge in [-0.15, -0.1) is 10.2 Å². The van der Waals surface area contributed by atoms with E-state index in [4.69, 9.17) is 9.47 Å².